The van der Waals surface area contributed by atoms with Gasteiger partial charge in [0.05, 0.1) is 22.1 Å². The molecule has 0 aliphatic heterocycles. The van der Waals surface area contributed by atoms with Gasteiger partial charge in [-0.05, 0) is 48.5 Å². The van der Waals surface area contributed by atoms with Crippen molar-refractivity contribution in [3.05, 3.63) is 163 Å². The van der Waals surface area contributed by atoms with E-state index in [1.807, 2.05) is 132 Å². The highest BCUT2D eigenvalue weighted by atomic mass is 19.4. The topological polar surface area (TPSA) is 48.5 Å². The van der Waals surface area contributed by atoms with E-state index in [2.05, 4.69) is 16.7 Å². The van der Waals surface area contributed by atoms with Crippen molar-refractivity contribution in [2.24, 2.45) is 0 Å². The number of hydrogen-bond acceptors (Lipinski definition) is 3. The Labute approximate surface area is 284 Å². The average Bonchev–Trinajstić information content (AvgIpc) is 3.75. The maximum atomic E-state index is 14.8. The molecule has 0 radical (unpaired) electrons. The summed E-state index contributed by atoms with van der Waals surface area (Å²) in [6, 6.07) is 46.8. The van der Waals surface area contributed by atoms with Crippen molar-refractivity contribution >= 4 is 32.7 Å². The molecule has 3 aromatic heterocycles. The van der Waals surface area contributed by atoms with Crippen LogP contribution in [-0.2, 0) is 6.18 Å². The Hall–Kier alpha value is -6.54. The third kappa shape index (κ3) is 5.00. The first-order valence-electron chi connectivity index (χ1n) is 16.1. The summed E-state index contributed by atoms with van der Waals surface area (Å²) < 4.78 is 48.4. The van der Waals surface area contributed by atoms with E-state index in [9.17, 15) is 13.2 Å². The molecular weight excluding hydrogens is 631 g/mol. The maximum absolute atomic E-state index is 14.8. The number of aromatic nitrogens is 5. The summed E-state index contributed by atoms with van der Waals surface area (Å²) in [5, 5.41) is 2.80. The van der Waals surface area contributed by atoms with Crippen LogP contribution in [0.3, 0.4) is 0 Å². The highest BCUT2D eigenvalue weighted by Crippen LogP contribution is 2.40. The zero-order chi connectivity index (χ0) is 33.8. The van der Waals surface area contributed by atoms with E-state index < -0.39 is 11.7 Å². The van der Waals surface area contributed by atoms with Crippen molar-refractivity contribution in [3.8, 4) is 45.5 Å². The molecule has 0 saturated heterocycles. The molecule has 9 aromatic rings. The predicted molar refractivity (Wildman–Crippen MR) is 192 cm³/mol. The molecule has 50 heavy (non-hydrogen) atoms. The van der Waals surface area contributed by atoms with Crippen molar-refractivity contribution in [1.29, 1.82) is 0 Å². The lowest BCUT2D eigenvalue weighted by atomic mass is 10.1. The smallest absolute Gasteiger partial charge is 0.316 e. The normalized spacial score (nSPS) is 11.9. The second-order valence-corrected chi connectivity index (χ2v) is 12.1. The van der Waals surface area contributed by atoms with Gasteiger partial charge in [0.1, 0.15) is 0 Å². The van der Waals surface area contributed by atoms with Crippen LogP contribution < -0.4 is 0 Å². The summed E-state index contributed by atoms with van der Waals surface area (Å²) in [6.07, 6.45) is -2.63. The molecule has 0 saturated carbocycles. The van der Waals surface area contributed by atoms with Gasteiger partial charge in [-0.25, -0.2) is 15.0 Å². The standard InChI is InChI=1S/C42H26F3N5/c43-42(44,45)30-24-29(41-47-39(27-12-4-1-5-13-27)46-40(48-41)28-14-6-2-7-15-28)25-32(26-30)50-37-19-11-10-18-33(37)34-20-21-36-35(38(34)50)22-23-49(36)31-16-8-3-9-17-31/h1-26H. The van der Waals surface area contributed by atoms with E-state index in [1.165, 1.54) is 6.07 Å². The molecule has 6 aromatic carbocycles. The minimum atomic E-state index is -4.63. The van der Waals surface area contributed by atoms with Gasteiger partial charge in [0, 0.05) is 50.4 Å². The summed E-state index contributed by atoms with van der Waals surface area (Å²) in [5.41, 5.74) is 4.78. The summed E-state index contributed by atoms with van der Waals surface area (Å²) in [5.74, 6) is 0.884. The molecule has 0 aliphatic rings. The number of para-hydroxylation sites is 2. The molecule has 0 spiro atoms. The number of halogens is 3. The SMILES string of the molecule is FC(F)(F)c1cc(-c2nc(-c3ccccc3)nc(-c3ccccc3)n2)cc(-n2c3ccccc3c3ccc4c(ccn4-c4ccccc4)c32)c1. The van der Waals surface area contributed by atoms with E-state index in [-0.39, 0.29) is 11.4 Å². The first-order valence-corrected chi connectivity index (χ1v) is 16.1. The summed E-state index contributed by atoms with van der Waals surface area (Å²) in [6.45, 7) is 0. The van der Waals surface area contributed by atoms with Gasteiger partial charge in [-0.1, -0.05) is 103 Å². The van der Waals surface area contributed by atoms with Gasteiger partial charge < -0.3 is 9.13 Å². The molecule has 9 rings (SSSR count). The van der Waals surface area contributed by atoms with Gasteiger partial charge >= 0.3 is 6.18 Å². The molecular formula is C42H26F3N5. The Morgan fingerprint density at radius 3 is 1.66 bits per heavy atom. The van der Waals surface area contributed by atoms with E-state index in [0.29, 0.717) is 17.3 Å². The van der Waals surface area contributed by atoms with Crippen LogP contribution in [0.15, 0.2) is 158 Å². The van der Waals surface area contributed by atoms with Gasteiger partial charge in [0.25, 0.3) is 0 Å². The first-order chi connectivity index (χ1) is 24.4. The molecule has 8 heteroatoms. The molecule has 3 heterocycles. The van der Waals surface area contributed by atoms with Crippen LogP contribution in [0.25, 0.3) is 78.2 Å². The fourth-order valence-corrected chi connectivity index (χ4v) is 6.73. The Morgan fingerprint density at radius 2 is 1.02 bits per heavy atom. The van der Waals surface area contributed by atoms with Crippen molar-refractivity contribution in [3.63, 3.8) is 0 Å². The summed E-state index contributed by atoms with van der Waals surface area (Å²) >= 11 is 0. The molecule has 5 nitrogen and oxygen atoms in total. The third-order valence-electron chi connectivity index (χ3n) is 9.00. The second kappa shape index (κ2) is 11.6. The molecule has 0 aliphatic carbocycles. The Balaban J connectivity index is 1.33. The van der Waals surface area contributed by atoms with Crippen LogP contribution in [-0.4, -0.2) is 24.1 Å². The van der Waals surface area contributed by atoms with Crippen molar-refractivity contribution in [2.75, 3.05) is 0 Å². The number of alkyl halides is 3. The second-order valence-electron chi connectivity index (χ2n) is 12.1. The molecule has 0 N–H and O–H groups in total. The van der Waals surface area contributed by atoms with Gasteiger partial charge in [-0.15, -0.1) is 0 Å². The summed E-state index contributed by atoms with van der Waals surface area (Å²) in [4.78, 5) is 14.2. The van der Waals surface area contributed by atoms with E-state index in [0.717, 1.165) is 55.6 Å². The lowest BCUT2D eigenvalue weighted by molar-refractivity contribution is -0.137. The minimum absolute atomic E-state index is 0.145. The van der Waals surface area contributed by atoms with E-state index in [4.69, 9.17) is 15.0 Å². The number of hydrogen-bond donors (Lipinski definition) is 0. The third-order valence-corrected chi connectivity index (χ3v) is 9.00. The number of fused-ring (bicyclic) bond motifs is 5. The Kier molecular flexibility index (Phi) is 6.84. The quantitative estimate of drug-likeness (QED) is 0.185. The lowest BCUT2D eigenvalue weighted by Crippen LogP contribution is -2.08. The summed E-state index contributed by atoms with van der Waals surface area (Å²) in [7, 11) is 0. The Bertz CT molecular complexity index is 2620. The maximum Gasteiger partial charge on any atom is 0.416 e. The lowest BCUT2D eigenvalue weighted by Gasteiger charge is -2.16. The van der Waals surface area contributed by atoms with Crippen molar-refractivity contribution in [2.45, 2.75) is 6.18 Å². The van der Waals surface area contributed by atoms with Crippen LogP contribution in [0.2, 0.25) is 0 Å². The molecule has 0 fully saturated rings. The number of rotatable bonds is 5. The molecule has 0 unspecified atom stereocenters. The highest BCUT2D eigenvalue weighted by molar-refractivity contribution is 6.18. The molecule has 0 bridgehead atoms. The zero-order valence-electron chi connectivity index (χ0n) is 26.4. The van der Waals surface area contributed by atoms with Crippen LogP contribution >= 0.6 is 0 Å². The van der Waals surface area contributed by atoms with Crippen LogP contribution in [0.4, 0.5) is 13.2 Å². The predicted octanol–water partition coefficient (Wildman–Crippen LogP) is 10.9. The van der Waals surface area contributed by atoms with Crippen LogP contribution in [0.1, 0.15) is 5.56 Å². The highest BCUT2D eigenvalue weighted by Gasteiger charge is 2.32. The van der Waals surface area contributed by atoms with Crippen LogP contribution in [0, 0.1) is 0 Å². The van der Waals surface area contributed by atoms with Crippen LogP contribution in [0.5, 0.6) is 0 Å². The van der Waals surface area contributed by atoms with Gasteiger partial charge in [0.15, 0.2) is 17.5 Å². The zero-order valence-corrected chi connectivity index (χ0v) is 26.4. The largest absolute Gasteiger partial charge is 0.416 e. The van der Waals surface area contributed by atoms with Gasteiger partial charge in [-0.2, -0.15) is 13.2 Å². The number of nitrogens with zero attached hydrogens (tertiary/aromatic N) is 5. The fourth-order valence-electron chi connectivity index (χ4n) is 6.73. The Morgan fingerprint density at radius 1 is 0.440 bits per heavy atom. The van der Waals surface area contributed by atoms with Crippen molar-refractivity contribution in [1.82, 2.24) is 24.1 Å². The molecule has 0 amide bonds. The van der Waals surface area contributed by atoms with Gasteiger partial charge in [-0.3, -0.25) is 0 Å². The van der Waals surface area contributed by atoms with E-state index in [1.54, 1.807) is 6.07 Å². The number of benzene rings is 6. The van der Waals surface area contributed by atoms with Crippen molar-refractivity contribution < 1.29 is 13.2 Å². The monoisotopic (exact) mass is 657 g/mol. The first kappa shape index (κ1) is 29.6. The molecule has 0 atom stereocenters. The average molecular weight is 658 g/mol. The molecule has 240 valence electrons. The van der Waals surface area contributed by atoms with E-state index >= 15 is 0 Å². The fraction of sp³-hybridized carbons (Fsp3) is 0.0238. The van der Waals surface area contributed by atoms with Gasteiger partial charge in [0.2, 0.25) is 0 Å². The minimum Gasteiger partial charge on any atom is -0.316 e.